The highest BCUT2D eigenvalue weighted by Crippen LogP contribution is 1.78. The Morgan fingerprint density at radius 3 is 1.64 bits per heavy atom. The summed E-state index contributed by atoms with van der Waals surface area (Å²) < 4.78 is 3.00. The molecule has 4 nitrogen and oxygen atoms in total. The second kappa shape index (κ2) is 3.97. The third kappa shape index (κ3) is 2.02. The van der Waals surface area contributed by atoms with Gasteiger partial charge in [0.05, 0.1) is 12.4 Å². The molecule has 0 saturated heterocycles. The molecule has 2 aromatic rings. The van der Waals surface area contributed by atoms with Crippen LogP contribution in [0.5, 0.6) is 0 Å². The van der Waals surface area contributed by atoms with Gasteiger partial charge in [0.1, 0.15) is 0 Å². The molecule has 2 rings (SSSR count). The molecule has 0 fully saturated rings. The summed E-state index contributed by atoms with van der Waals surface area (Å²) in [5, 5.41) is 7.81. The Morgan fingerprint density at radius 2 is 1.29 bits per heavy atom. The van der Waals surface area contributed by atoms with Crippen molar-refractivity contribution in [2.45, 2.75) is 0 Å². The van der Waals surface area contributed by atoms with Crippen molar-refractivity contribution >= 4 is 0 Å². The normalized spacial score (nSPS) is 8.29. The van der Waals surface area contributed by atoms with E-state index in [0.717, 1.165) is 0 Å². The molecule has 0 N–H and O–H groups in total. The molecule has 0 aromatic carbocycles. The Hall–Kier alpha value is -2.46. The summed E-state index contributed by atoms with van der Waals surface area (Å²) in [5.41, 5.74) is 0. The molecule has 4 heteroatoms. The van der Waals surface area contributed by atoms with Gasteiger partial charge in [-0.2, -0.15) is 19.6 Å². The summed E-state index contributed by atoms with van der Waals surface area (Å²) in [6.45, 7) is 0. The molecule has 0 bridgehead atoms. The maximum Gasteiger partial charge on any atom is 0.0501 e. The summed E-state index contributed by atoms with van der Waals surface area (Å²) in [6.07, 6.45) is 6.83. The molecule has 14 heavy (non-hydrogen) atoms. The van der Waals surface area contributed by atoms with Gasteiger partial charge in [-0.3, -0.25) is 0 Å². The van der Waals surface area contributed by atoms with Gasteiger partial charge in [0.25, 0.3) is 0 Å². The van der Waals surface area contributed by atoms with E-state index in [-0.39, 0.29) is 0 Å². The first kappa shape index (κ1) is 8.15. The fourth-order valence-corrected chi connectivity index (χ4v) is 0.840. The number of aromatic nitrogens is 4. The van der Waals surface area contributed by atoms with Gasteiger partial charge in [-0.1, -0.05) is 0 Å². The van der Waals surface area contributed by atoms with Crippen molar-refractivity contribution in [2.75, 3.05) is 0 Å². The van der Waals surface area contributed by atoms with Gasteiger partial charge in [-0.05, 0) is 12.1 Å². The third-order valence-corrected chi connectivity index (χ3v) is 1.41. The molecule has 0 aliphatic heterocycles. The van der Waals surface area contributed by atoms with E-state index in [0.29, 0.717) is 0 Å². The summed E-state index contributed by atoms with van der Waals surface area (Å²) in [4.78, 5) is 0. The van der Waals surface area contributed by atoms with Crippen LogP contribution in [-0.2, 0) is 0 Å². The van der Waals surface area contributed by atoms with Gasteiger partial charge in [0.15, 0.2) is 0 Å². The van der Waals surface area contributed by atoms with Crippen molar-refractivity contribution in [2.24, 2.45) is 0 Å². The molecule has 0 amide bonds. The zero-order chi connectivity index (χ0) is 9.64. The van der Waals surface area contributed by atoms with Gasteiger partial charge < -0.3 is 0 Å². The minimum absolute atomic E-state index is 1.50. The Kier molecular flexibility index (Phi) is 2.31. The first-order chi connectivity index (χ1) is 6.95. The maximum atomic E-state index is 3.90. The summed E-state index contributed by atoms with van der Waals surface area (Å²) in [5.74, 6) is 5.31. The van der Waals surface area contributed by atoms with E-state index in [1.165, 1.54) is 9.36 Å². The lowest BCUT2D eigenvalue weighted by molar-refractivity contribution is 0.914. The Labute approximate surface area is 81.2 Å². The third-order valence-electron chi connectivity index (χ3n) is 1.41. The van der Waals surface area contributed by atoms with Crippen molar-refractivity contribution in [3.8, 4) is 23.9 Å². The van der Waals surface area contributed by atoms with Gasteiger partial charge in [-0.15, -0.1) is 0 Å². The van der Waals surface area contributed by atoms with E-state index in [1.54, 1.807) is 36.9 Å². The molecule has 0 aliphatic rings. The second-order valence-corrected chi connectivity index (χ2v) is 2.37. The van der Waals surface area contributed by atoms with Crippen molar-refractivity contribution in [3.05, 3.63) is 36.9 Å². The lowest BCUT2D eigenvalue weighted by Gasteiger charge is -1.80. The Balaban J connectivity index is 2.07. The molecule has 0 radical (unpaired) electrons. The predicted octanol–water partition coefficient (Wildman–Crippen LogP) is 0.398. The number of nitrogens with zero attached hydrogens (tertiary/aromatic N) is 4. The fourth-order valence-electron chi connectivity index (χ4n) is 0.840. The van der Waals surface area contributed by atoms with Crippen LogP contribution in [0.3, 0.4) is 0 Å². The molecule has 0 spiro atoms. The molecule has 0 aliphatic carbocycles. The van der Waals surface area contributed by atoms with Gasteiger partial charge in [-0.25, -0.2) is 0 Å². The summed E-state index contributed by atoms with van der Waals surface area (Å²) in [6, 6.07) is 9.06. The number of rotatable bonds is 0. The van der Waals surface area contributed by atoms with E-state index < -0.39 is 0 Å². The van der Waals surface area contributed by atoms with E-state index in [9.17, 15) is 0 Å². The first-order valence-electron chi connectivity index (χ1n) is 3.96. The number of hydrogen-bond donors (Lipinski definition) is 0. The van der Waals surface area contributed by atoms with Crippen molar-refractivity contribution in [3.63, 3.8) is 0 Å². The minimum atomic E-state index is 1.50. The van der Waals surface area contributed by atoms with Crippen LogP contribution < -0.4 is 0 Å². The topological polar surface area (TPSA) is 35.6 Å². The lowest BCUT2D eigenvalue weighted by Crippen LogP contribution is -1.87. The lowest BCUT2D eigenvalue weighted by atomic mass is 10.6. The zero-order valence-electron chi connectivity index (χ0n) is 7.25. The average molecular weight is 182 g/mol. The van der Waals surface area contributed by atoms with Crippen LogP contribution in [0.15, 0.2) is 36.9 Å². The second-order valence-electron chi connectivity index (χ2n) is 2.37. The quantitative estimate of drug-likeness (QED) is 0.553. The monoisotopic (exact) mass is 182 g/mol. The molecule has 0 saturated carbocycles. The maximum absolute atomic E-state index is 3.90. The molecule has 0 atom stereocenters. The van der Waals surface area contributed by atoms with Crippen molar-refractivity contribution in [1.29, 1.82) is 0 Å². The molecule has 2 heterocycles. The van der Waals surface area contributed by atoms with Gasteiger partial charge >= 0.3 is 0 Å². The largest absolute Gasteiger partial charge is 0.196 e. The average Bonchev–Trinajstić information content (AvgIpc) is 2.86. The molecule has 2 aromatic heterocycles. The van der Waals surface area contributed by atoms with Crippen LogP contribution in [0.4, 0.5) is 0 Å². The van der Waals surface area contributed by atoms with E-state index in [4.69, 9.17) is 0 Å². The SMILES string of the molecule is C(C#Cn1cccn1)#Cn1cccn1. The Bertz CT molecular complexity index is 450. The van der Waals surface area contributed by atoms with Crippen molar-refractivity contribution < 1.29 is 0 Å². The molecular weight excluding hydrogens is 176 g/mol. The molecule has 66 valence electrons. The smallest absolute Gasteiger partial charge is 0.0501 e. The minimum Gasteiger partial charge on any atom is -0.196 e. The van der Waals surface area contributed by atoms with E-state index in [2.05, 4.69) is 34.1 Å². The van der Waals surface area contributed by atoms with Crippen LogP contribution in [0, 0.1) is 23.9 Å². The summed E-state index contributed by atoms with van der Waals surface area (Å²) in [7, 11) is 0. The molecule has 0 unspecified atom stereocenters. The highest BCUT2D eigenvalue weighted by molar-refractivity contribution is 5.25. The van der Waals surface area contributed by atoms with Gasteiger partial charge in [0.2, 0.25) is 0 Å². The number of hydrogen-bond acceptors (Lipinski definition) is 2. The highest BCUT2D eigenvalue weighted by atomic mass is 15.2. The van der Waals surface area contributed by atoms with Crippen LogP contribution in [0.2, 0.25) is 0 Å². The Morgan fingerprint density at radius 1 is 0.786 bits per heavy atom. The van der Waals surface area contributed by atoms with Crippen LogP contribution in [0.25, 0.3) is 0 Å². The van der Waals surface area contributed by atoms with Crippen LogP contribution in [-0.4, -0.2) is 19.6 Å². The zero-order valence-corrected chi connectivity index (χ0v) is 7.25. The summed E-state index contributed by atoms with van der Waals surface area (Å²) >= 11 is 0. The first-order valence-corrected chi connectivity index (χ1v) is 3.96. The van der Waals surface area contributed by atoms with E-state index in [1.807, 2.05) is 0 Å². The van der Waals surface area contributed by atoms with Gasteiger partial charge in [0, 0.05) is 36.3 Å². The van der Waals surface area contributed by atoms with Crippen LogP contribution in [0.1, 0.15) is 0 Å². The fraction of sp³-hybridized carbons (Fsp3) is 0. The molecular formula is C10H6N4. The van der Waals surface area contributed by atoms with Crippen molar-refractivity contribution in [1.82, 2.24) is 19.6 Å². The predicted molar refractivity (Wildman–Crippen MR) is 50.8 cm³/mol. The van der Waals surface area contributed by atoms with E-state index >= 15 is 0 Å². The standard InChI is InChI=1S/C10H6N4/c1(7-13-9-3-5-11-13)2-8-14-10-4-6-12-14/h3-6,9-10H. The van der Waals surface area contributed by atoms with Crippen LogP contribution >= 0.6 is 0 Å². The highest BCUT2D eigenvalue weighted by Gasteiger charge is 1.78.